The lowest BCUT2D eigenvalue weighted by Crippen LogP contribution is -2.43. The van der Waals surface area contributed by atoms with Crippen molar-refractivity contribution >= 4 is 22.5 Å². The molecule has 1 aromatic heterocycles. The maximum atomic E-state index is 12.9. The number of hydrogen-bond acceptors (Lipinski definition) is 3. The number of benzene rings is 1. The highest BCUT2D eigenvalue weighted by molar-refractivity contribution is 5.92. The smallest absolute Gasteiger partial charge is 0.370 e. The number of halogens is 3. The molecule has 4 rings (SSSR count). The van der Waals surface area contributed by atoms with Gasteiger partial charge < -0.3 is 10.2 Å². The van der Waals surface area contributed by atoms with Crippen LogP contribution in [0, 0.1) is 5.92 Å². The Labute approximate surface area is 149 Å². The molecule has 0 bridgehead atoms. The van der Waals surface area contributed by atoms with Gasteiger partial charge in [-0.2, -0.15) is 13.2 Å². The quantitative estimate of drug-likeness (QED) is 0.903. The van der Waals surface area contributed by atoms with E-state index in [-0.39, 0.29) is 11.8 Å². The second-order valence-electron chi connectivity index (χ2n) is 7.13. The van der Waals surface area contributed by atoms with Crippen LogP contribution in [0.1, 0.15) is 31.2 Å². The van der Waals surface area contributed by atoms with Crippen molar-refractivity contribution in [3.8, 4) is 0 Å². The van der Waals surface area contributed by atoms with Crippen molar-refractivity contribution in [2.24, 2.45) is 5.92 Å². The number of alkyl halides is 3. The van der Waals surface area contributed by atoms with E-state index in [1.807, 2.05) is 6.07 Å². The Hall–Kier alpha value is -2.31. The summed E-state index contributed by atoms with van der Waals surface area (Å²) in [7, 11) is 0. The topological polar surface area (TPSA) is 45.2 Å². The van der Waals surface area contributed by atoms with Crippen LogP contribution in [0.2, 0.25) is 0 Å². The van der Waals surface area contributed by atoms with Gasteiger partial charge in [-0.1, -0.05) is 6.07 Å². The molecule has 1 saturated heterocycles. The predicted octanol–water partition coefficient (Wildman–Crippen LogP) is 3.75. The molecule has 1 amide bonds. The number of carbonyl (C=O) groups is 1. The lowest BCUT2D eigenvalue weighted by molar-refractivity contribution is -0.137. The standard InChI is InChI=1S/C19H20F3N3O/c20-19(21,22)13-3-6-15-16(10-13)23-8-7-17(15)25-9-1-2-12(11-25)18(26)24-14-4-5-14/h3,6-8,10,12,14H,1-2,4-5,9,11H2,(H,24,26). The number of anilines is 1. The number of piperidine rings is 1. The largest absolute Gasteiger partial charge is 0.416 e. The SMILES string of the molecule is O=C(NC1CC1)C1CCCN(c2ccnc3cc(C(F)(F)F)ccc23)C1. The molecule has 2 fully saturated rings. The van der Waals surface area contributed by atoms with Crippen LogP contribution >= 0.6 is 0 Å². The minimum absolute atomic E-state index is 0.0815. The summed E-state index contributed by atoms with van der Waals surface area (Å²) in [6, 6.07) is 5.81. The Morgan fingerprint density at radius 2 is 2.00 bits per heavy atom. The average Bonchev–Trinajstić information content (AvgIpc) is 3.44. The van der Waals surface area contributed by atoms with Crippen LogP contribution in [-0.4, -0.2) is 30.0 Å². The van der Waals surface area contributed by atoms with Crippen LogP contribution in [0.15, 0.2) is 30.5 Å². The average molecular weight is 363 g/mol. The number of rotatable bonds is 3. The van der Waals surface area contributed by atoms with Gasteiger partial charge in [0.15, 0.2) is 0 Å². The van der Waals surface area contributed by atoms with Gasteiger partial charge >= 0.3 is 6.18 Å². The van der Waals surface area contributed by atoms with Crippen molar-refractivity contribution in [1.29, 1.82) is 0 Å². The molecule has 4 nitrogen and oxygen atoms in total. The number of amides is 1. The van der Waals surface area contributed by atoms with Gasteiger partial charge in [0.25, 0.3) is 0 Å². The minimum atomic E-state index is -4.39. The van der Waals surface area contributed by atoms with E-state index >= 15 is 0 Å². The summed E-state index contributed by atoms with van der Waals surface area (Å²) in [6.07, 6.45) is 0.982. The fourth-order valence-corrected chi connectivity index (χ4v) is 3.54. The molecular weight excluding hydrogens is 343 g/mol. The summed E-state index contributed by atoms with van der Waals surface area (Å²) in [5.74, 6) is 0.0110. The van der Waals surface area contributed by atoms with Crippen molar-refractivity contribution in [2.75, 3.05) is 18.0 Å². The van der Waals surface area contributed by atoms with Gasteiger partial charge in [0, 0.05) is 36.4 Å². The van der Waals surface area contributed by atoms with Gasteiger partial charge in [0.1, 0.15) is 0 Å². The Kier molecular flexibility index (Phi) is 4.25. The summed E-state index contributed by atoms with van der Waals surface area (Å²) in [5.41, 5.74) is 0.463. The highest BCUT2D eigenvalue weighted by atomic mass is 19.4. The van der Waals surface area contributed by atoms with Crippen molar-refractivity contribution in [3.05, 3.63) is 36.0 Å². The fraction of sp³-hybridized carbons (Fsp3) is 0.474. The predicted molar refractivity (Wildman–Crippen MR) is 92.8 cm³/mol. The molecule has 1 saturated carbocycles. The third-order valence-corrected chi connectivity index (χ3v) is 5.10. The van der Waals surface area contributed by atoms with Gasteiger partial charge in [-0.25, -0.2) is 0 Å². The maximum absolute atomic E-state index is 12.9. The van der Waals surface area contributed by atoms with Crippen LogP contribution in [0.4, 0.5) is 18.9 Å². The second kappa shape index (κ2) is 6.45. The van der Waals surface area contributed by atoms with E-state index in [9.17, 15) is 18.0 Å². The van der Waals surface area contributed by atoms with E-state index < -0.39 is 11.7 Å². The first kappa shape index (κ1) is 17.1. The van der Waals surface area contributed by atoms with E-state index in [2.05, 4.69) is 15.2 Å². The molecule has 2 aromatic rings. The molecular formula is C19H20F3N3O. The number of aromatic nitrogens is 1. The number of pyridine rings is 1. The van der Waals surface area contributed by atoms with Gasteiger partial charge in [-0.15, -0.1) is 0 Å². The Bertz CT molecular complexity index is 832. The zero-order chi connectivity index (χ0) is 18.3. The highest BCUT2D eigenvalue weighted by Gasteiger charge is 2.32. The van der Waals surface area contributed by atoms with Crippen molar-refractivity contribution in [1.82, 2.24) is 10.3 Å². The number of hydrogen-bond donors (Lipinski definition) is 1. The van der Waals surface area contributed by atoms with Crippen LogP contribution in [-0.2, 0) is 11.0 Å². The van der Waals surface area contributed by atoms with Gasteiger partial charge in [0.05, 0.1) is 17.0 Å². The Morgan fingerprint density at radius 3 is 2.73 bits per heavy atom. The second-order valence-corrected chi connectivity index (χ2v) is 7.13. The lowest BCUT2D eigenvalue weighted by atomic mass is 9.96. The molecule has 1 aliphatic carbocycles. The van der Waals surface area contributed by atoms with Crippen LogP contribution in [0.5, 0.6) is 0 Å². The van der Waals surface area contributed by atoms with E-state index in [0.717, 1.165) is 50.0 Å². The molecule has 1 N–H and O–H groups in total. The summed E-state index contributed by atoms with van der Waals surface area (Å²) in [4.78, 5) is 18.6. The van der Waals surface area contributed by atoms with Gasteiger partial charge in [-0.3, -0.25) is 9.78 Å². The third kappa shape index (κ3) is 3.48. The summed E-state index contributed by atoms with van der Waals surface area (Å²) < 4.78 is 38.8. The lowest BCUT2D eigenvalue weighted by Gasteiger charge is -2.34. The van der Waals surface area contributed by atoms with Crippen molar-refractivity contribution in [2.45, 2.75) is 37.9 Å². The maximum Gasteiger partial charge on any atom is 0.416 e. The number of nitrogens with one attached hydrogen (secondary N) is 1. The molecule has 2 aliphatic rings. The zero-order valence-corrected chi connectivity index (χ0v) is 14.2. The molecule has 0 spiro atoms. The van der Waals surface area contributed by atoms with E-state index in [4.69, 9.17) is 0 Å². The molecule has 0 radical (unpaired) electrons. The van der Waals surface area contributed by atoms with Gasteiger partial charge in [0.2, 0.25) is 5.91 Å². The third-order valence-electron chi connectivity index (χ3n) is 5.10. The first-order chi connectivity index (χ1) is 12.4. The molecule has 1 unspecified atom stereocenters. The zero-order valence-electron chi connectivity index (χ0n) is 14.2. The summed E-state index contributed by atoms with van der Waals surface area (Å²) >= 11 is 0. The molecule has 1 aromatic carbocycles. The normalized spacial score (nSPS) is 21.0. The van der Waals surface area contributed by atoms with Crippen molar-refractivity contribution < 1.29 is 18.0 Å². The van der Waals surface area contributed by atoms with Crippen LogP contribution < -0.4 is 10.2 Å². The van der Waals surface area contributed by atoms with Gasteiger partial charge in [-0.05, 0) is 43.9 Å². The van der Waals surface area contributed by atoms with Crippen LogP contribution in [0.3, 0.4) is 0 Å². The number of nitrogens with zero attached hydrogens (tertiary/aromatic N) is 2. The molecule has 1 aliphatic heterocycles. The molecule has 7 heteroatoms. The first-order valence-corrected chi connectivity index (χ1v) is 8.93. The van der Waals surface area contributed by atoms with E-state index in [0.29, 0.717) is 23.5 Å². The van der Waals surface area contributed by atoms with E-state index in [1.165, 1.54) is 12.3 Å². The molecule has 138 valence electrons. The van der Waals surface area contributed by atoms with Crippen molar-refractivity contribution in [3.63, 3.8) is 0 Å². The van der Waals surface area contributed by atoms with E-state index in [1.54, 1.807) is 0 Å². The monoisotopic (exact) mass is 363 g/mol. The molecule has 1 atom stereocenters. The fourth-order valence-electron chi connectivity index (χ4n) is 3.54. The highest BCUT2D eigenvalue weighted by Crippen LogP contribution is 2.34. The summed E-state index contributed by atoms with van der Waals surface area (Å²) in [6.45, 7) is 1.37. The van der Waals surface area contributed by atoms with Crippen LogP contribution in [0.25, 0.3) is 10.9 Å². The Morgan fingerprint density at radius 1 is 1.19 bits per heavy atom. The minimum Gasteiger partial charge on any atom is -0.370 e. The number of carbonyl (C=O) groups excluding carboxylic acids is 1. The molecule has 26 heavy (non-hydrogen) atoms. The molecule has 2 heterocycles. The number of fused-ring (bicyclic) bond motifs is 1. The first-order valence-electron chi connectivity index (χ1n) is 8.93. The summed E-state index contributed by atoms with van der Waals surface area (Å²) in [5, 5.41) is 3.74. The Balaban J connectivity index is 1.60.